The lowest BCUT2D eigenvalue weighted by Gasteiger charge is -2.36. The Hall–Kier alpha value is -2.21. The molecule has 0 aromatic heterocycles. The van der Waals surface area contributed by atoms with E-state index in [1.807, 2.05) is 18.2 Å². The number of hydrogen-bond donors (Lipinski definition) is 0. The predicted octanol–water partition coefficient (Wildman–Crippen LogP) is 8.18. The Balaban J connectivity index is 1.37. The first-order valence-corrected chi connectivity index (χ1v) is 11.4. The maximum Gasteiger partial charge on any atom is 0.199 e. The van der Waals surface area contributed by atoms with Crippen LogP contribution >= 0.6 is 0 Å². The molecule has 30 heavy (non-hydrogen) atoms. The Labute approximate surface area is 180 Å². The van der Waals surface area contributed by atoms with Crippen LogP contribution < -0.4 is 0 Å². The van der Waals surface area contributed by atoms with Crippen LogP contribution in [0.4, 0.5) is 8.78 Å². The molecule has 0 atom stereocenters. The standard InChI is InChI=1S/C27H33F2N/c1-20(23-11-13-24(14-12-23)25-15-17-26(28)18-16-25)22-9-7-21(8-10-22)5-3-2-4-6-27(29)19-30/h2,4,6,15-18,21-24H,1,3,5,7-14H2/b4-2+,27-6-. The lowest BCUT2D eigenvalue weighted by molar-refractivity contribution is 0.260. The van der Waals surface area contributed by atoms with Crippen LogP contribution in [0.2, 0.25) is 0 Å². The summed E-state index contributed by atoms with van der Waals surface area (Å²) in [7, 11) is 0. The molecule has 1 nitrogen and oxygen atoms in total. The molecular weight excluding hydrogens is 376 g/mol. The van der Waals surface area contributed by atoms with Crippen molar-refractivity contribution in [2.45, 2.75) is 70.1 Å². The van der Waals surface area contributed by atoms with Gasteiger partial charge in [0.05, 0.1) is 0 Å². The summed E-state index contributed by atoms with van der Waals surface area (Å²) in [6.45, 7) is 4.52. The Morgan fingerprint density at radius 3 is 2.20 bits per heavy atom. The molecule has 3 rings (SSSR count). The minimum Gasteiger partial charge on any atom is -0.207 e. The monoisotopic (exact) mass is 409 g/mol. The van der Waals surface area contributed by atoms with Gasteiger partial charge in [-0.3, -0.25) is 0 Å². The number of nitrogens with zero attached hydrogens (tertiary/aromatic N) is 1. The molecule has 1 aromatic carbocycles. The van der Waals surface area contributed by atoms with Gasteiger partial charge in [0.1, 0.15) is 11.9 Å². The average molecular weight is 410 g/mol. The van der Waals surface area contributed by atoms with E-state index in [1.54, 1.807) is 18.2 Å². The normalized spacial score (nSPS) is 27.7. The number of allylic oxidation sites excluding steroid dienone is 5. The molecule has 0 aliphatic heterocycles. The molecule has 0 bridgehead atoms. The van der Waals surface area contributed by atoms with E-state index in [-0.39, 0.29) is 5.82 Å². The number of halogens is 2. The Bertz CT molecular complexity index is 783. The Morgan fingerprint density at radius 1 is 1.00 bits per heavy atom. The zero-order valence-electron chi connectivity index (χ0n) is 17.8. The SMILES string of the molecule is C=C(C1CCC(CC/C=C/C=C(\F)C#N)CC1)C1CCC(c2ccc(F)cc2)CC1. The van der Waals surface area contributed by atoms with Gasteiger partial charge in [0, 0.05) is 0 Å². The summed E-state index contributed by atoms with van der Waals surface area (Å²) in [6, 6.07) is 8.53. The highest BCUT2D eigenvalue weighted by molar-refractivity contribution is 5.22. The van der Waals surface area contributed by atoms with Gasteiger partial charge in [0.25, 0.3) is 0 Å². The van der Waals surface area contributed by atoms with E-state index in [9.17, 15) is 8.78 Å². The largest absolute Gasteiger partial charge is 0.207 e. The smallest absolute Gasteiger partial charge is 0.199 e. The van der Waals surface area contributed by atoms with Gasteiger partial charge >= 0.3 is 0 Å². The zero-order chi connectivity index (χ0) is 21.3. The lowest BCUT2D eigenvalue weighted by Crippen LogP contribution is -2.22. The van der Waals surface area contributed by atoms with Crippen molar-refractivity contribution in [1.29, 1.82) is 5.26 Å². The van der Waals surface area contributed by atoms with Crippen molar-refractivity contribution < 1.29 is 8.78 Å². The molecule has 2 aliphatic rings. The van der Waals surface area contributed by atoms with Crippen LogP contribution in [0, 0.1) is 34.9 Å². The third-order valence-electron chi connectivity index (χ3n) is 7.19. The highest BCUT2D eigenvalue weighted by Gasteiger charge is 2.29. The van der Waals surface area contributed by atoms with Crippen molar-refractivity contribution in [3.05, 3.63) is 71.9 Å². The van der Waals surface area contributed by atoms with Crippen LogP contribution in [0.5, 0.6) is 0 Å². The Kier molecular flexibility index (Phi) is 8.43. The molecule has 1 aromatic rings. The van der Waals surface area contributed by atoms with Crippen LogP contribution in [0.25, 0.3) is 0 Å². The molecule has 0 unspecified atom stereocenters. The van der Waals surface area contributed by atoms with E-state index >= 15 is 0 Å². The highest BCUT2D eigenvalue weighted by atomic mass is 19.1. The summed E-state index contributed by atoms with van der Waals surface area (Å²) < 4.78 is 25.9. The summed E-state index contributed by atoms with van der Waals surface area (Å²) in [6.07, 6.45) is 16.7. The quantitative estimate of drug-likeness (QED) is 0.253. The third kappa shape index (κ3) is 6.39. The van der Waals surface area contributed by atoms with Gasteiger partial charge in [-0.1, -0.05) is 36.4 Å². The highest BCUT2D eigenvalue weighted by Crippen LogP contribution is 2.44. The van der Waals surface area contributed by atoms with Crippen molar-refractivity contribution in [3.63, 3.8) is 0 Å². The second-order valence-electron chi connectivity index (χ2n) is 9.02. The molecule has 0 spiro atoms. The molecule has 0 N–H and O–H groups in total. The van der Waals surface area contributed by atoms with E-state index in [0.717, 1.165) is 18.8 Å². The van der Waals surface area contributed by atoms with Gasteiger partial charge in [0.15, 0.2) is 5.83 Å². The first-order valence-electron chi connectivity index (χ1n) is 11.4. The number of rotatable bonds is 7. The second-order valence-corrected chi connectivity index (χ2v) is 9.02. The van der Waals surface area contributed by atoms with E-state index in [2.05, 4.69) is 6.58 Å². The summed E-state index contributed by atoms with van der Waals surface area (Å²) in [5, 5.41) is 8.39. The van der Waals surface area contributed by atoms with Gasteiger partial charge in [-0.2, -0.15) is 9.65 Å². The molecule has 2 fully saturated rings. The molecule has 0 heterocycles. The van der Waals surface area contributed by atoms with Gasteiger partial charge in [0.2, 0.25) is 0 Å². The number of benzene rings is 1. The summed E-state index contributed by atoms with van der Waals surface area (Å²) in [5.41, 5.74) is 2.75. The van der Waals surface area contributed by atoms with Crippen LogP contribution in [0.3, 0.4) is 0 Å². The fraction of sp³-hybridized carbons (Fsp3) is 0.519. The number of nitriles is 1. The number of hydrogen-bond acceptors (Lipinski definition) is 1. The van der Waals surface area contributed by atoms with Gasteiger partial charge in [-0.25, -0.2) is 4.39 Å². The molecule has 0 radical (unpaired) electrons. The van der Waals surface area contributed by atoms with Crippen molar-refractivity contribution >= 4 is 0 Å². The fourth-order valence-corrected chi connectivity index (χ4v) is 5.31. The zero-order valence-corrected chi connectivity index (χ0v) is 17.8. The van der Waals surface area contributed by atoms with E-state index in [4.69, 9.17) is 5.26 Å². The van der Waals surface area contributed by atoms with Gasteiger partial charge < -0.3 is 0 Å². The topological polar surface area (TPSA) is 23.8 Å². The van der Waals surface area contributed by atoms with Crippen LogP contribution in [-0.4, -0.2) is 0 Å². The van der Waals surface area contributed by atoms with Gasteiger partial charge in [-0.15, -0.1) is 0 Å². The summed E-state index contributed by atoms with van der Waals surface area (Å²) >= 11 is 0. The average Bonchev–Trinajstić information content (AvgIpc) is 2.79. The van der Waals surface area contributed by atoms with Crippen LogP contribution in [-0.2, 0) is 0 Å². The second kappa shape index (κ2) is 11.3. The van der Waals surface area contributed by atoms with E-state index < -0.39 is 5.83 Å². The maximum absolute atomic E-state index is 13.2. The minimum atomic E-state index is -0.739. The summed E-state index contributed by atoms with van der Waals surface area (Å²) in [5.74, 6) is 1.73. The molecule has 0 amide bonds. The minimum absolute atomic E-state index is 0.155. The van der Waals surface area contributed by atoms with Crippen molar-refractivity contribution in [3.8, 4) is 6.07 Å². The molecular formula is C27H33F2N. The first-order chi connectivity index (χ1) is 14.6. The predicted molar refractivity (Wildman–Crippen MR) is 119 cm³/mol. The van der Waals surface area contributed by atoms with Crippen LogP contribution in [0.1, 0.15) is 75.7 Å². The molecule has 0 saturated heterocycles. The molecule has 3 heteroatoms. The van der Waals surface area contributed by atoms with Crippen molar-refractivity contribution in [1.82, 2.24) is 0 Å². The molecule has 2 saturated carbocycles. The van der Waals surface area contributed by atoms with Crippen molar-refractivity contribution in [2.24, 2.45) is 17.8 Å². The summed E-state index contributed by atoms with van der Waals surface area (Å²) in [4.78, 5) is 0. The first kappa shape index (κ1) is 22.5. The van der Waals surface area contributed by atoms with E-state index in [0.29, 0.717) is 17.8 Å². The van der Waals surface area contributed by atoms with Crippen LogP contribution in [0.15, 0.2) is 60.5 Å². The maximum atomic E-state index is 13.2. The fourth-order valence-electron chi connectivity index (χ4n) is 5.31. The lowest BCUT2D eigenvalue weighted by atomic mass is 9.69. The molecule has 160 valence electrons. The Morgan fingerprint density at radius 2 is 1.60 bits per heavy atom. The van der Waals surface area contributed by atoms with E-state index in [1.165, 1.54) is 74.6 Å². The van der Waals surface area contributed by atoms with Crippen molar-refractivity contribution in [2.75, 3.05) is 0 Å². The third-order valence-corrected chi connectivity index (χ3v) is 7.19. The van der Waals surface area contributed by atoms with Gasteiger partial charge in [-0.05, 0) is 112 Å². The molecule has 2 aliphatic carbocycles.